The number of sulfone groups is 1. The van der Waals surface area contributed by atoms with Gasteiger partial charge in [-0.3, -0.25) is 4.79 Å². The number of para-hydroxylation sites is 1. The van der Waals surface area contributed by atoms with Crippen molar-refractivity contribution in [2.45, 2.75) is 37.1 Å². The Labute approximate surface area is 170 Å². The lowest BCUT2D eigenvalue weighted by Gasteiger charge is -2.34. The Morgan fingerprint density at radius 2 is 1.93 bits per heavy atom. The van der Waals surface area contributed by atoms with Crippen molar-refractivity contribution in [2.24, 2.45) is 5.92 Å². The van der Waals surface area contributed by atoms with Crippen molar-refractivity contribution < 1.29 is 18.3 Å². The van der Waals surface area contributed by atoms with Crippen LogP contribution in [0, 0.1) is 5.92 Å². The number of aryl methyl sites for hydroxylation is 1. The Morgan fingerprint density at radius 3 is 2.57 bits per heavy atom. The van der Waals surface area contributed by atoms with Gasteiger partial charge < -0.3 is 10.0 Å². The van der Waals surface area contributed by atoms with Crippen molar-refractivity contribution in [3.8, 4) is 0 Å². The number of carboxylic acid groups (broad SMARTS) is 1. The Bertz CT molecular complexity index is 957. The number of hydrogen-bond acceptors (Lipinski definition) is 4. The highest BCUT2D eigenvalue weighted by atomic mass is 35.5. The SMILES string of the molecule is CS(=O)(=O)c1cccc2c1N(Cc1ccc(Cl)cc1)C[C@@H](CC(=O)O)CCC2. The summed E-state index contributed by atoms with van der Waals surface area (Å²) in [5, 5.41) is 9.92. The highest BCUT2D eigenvalue weighted by Crippen LogP contribution is 2.35. The fraction of sp³-hybridized carbons (Fsp3) is 0.381. The van der Waals surface area contributed by atoms with Crippen molar-refractivity contribution in [1.29, 1.82) is 0 Å². The molecule has 0 spiro atoms. The van der Waals surface area contributed by atoms with E-state index in [0.29, 0.717) is 28.7 Å². The molecule has 150 valence electrons. The van der Waals surface area contributed by atoms with Gasteiger partial charge in [0.15, 0.2) is 9.84 Å². The van der Waals surface area contributed by atoms with Crippen LogP contribution in [0.4, 0.5) is 5.69 Å². The Kier molecular flexibility index (Phi) is 6.30. The fourth-order valence-corrected chi connectivity index (χ4v) is 4.93. The van der Waals surface area contributed by atoms with E-state index in [4.69, 9.17) is 11.6 Å². The lowest BCUT2D eigenvalue weighted by Crippen LogP contribution is -2.33. The van der Waals surface area contributed by atoms with E-state index in [1.807, 2.05) is 23.1 Å². The summed E-state index contributed by atoms with van der Waals surface area (Å²) >= 11 is 5.99. The minimum atomic E-state index is -3.42. The van der Waals surface area contributed by atoms with Crippen molar-refractivity contribution in [3.63, 3.8) is 0 Å². The van der Waals surface area contributed by atoms with Gasteiger partial charge >= 0.3 is 5.97 Å². The molecular formula is C21H24ClNO4S. The predicted octanol–water partition coefficient (Wildman–Crippen LogP) is 4.18. The normalized spacial score (nSPS) is 17.5. The number of fused-ring (bicyclic) bond motifs is 1. The van der Waals surface area contributed by atoms with Crippen molar-refractivity contribution in [1.82, 2.24) is 0 Å². The first kappa shape index (κ1) is 20.7. The second-order valence-corrected chi connectivity index (χ2v) is 9.82. The van der Waals surface area contributed by atoms with Gasteiger partial charge in [0.05, 0.1) is 10.6 Å². The standard InChI is InChI=1S/C21H24ClNO4S/c1-28(26,27)19-7-3-6-17-5-2-4-16(12-20(24)25)14-23(21(17)19)13-15-8-10-18(22)11-9-15/h3,6-11,16H,2,4-5,12-14H2,1H3,(H,24,25)/t16-/m1/s1. The molecule has 28 heavy (non-hydrogen) atoms. The summed E-state index contributed by atoms with van der Waals surface area (Å²) in [6.45, 7) is 0.987. The Hall–Kier alpha value is -2.05. The predicted molar refractivity (Wildman–Crippen MR) is 111 cm³/mol. The Morgan fingerprint density at radius 1 is 1.21 bits per heavy atom. The number of nitrogens with zero attached hydrogens (tertiary/aromatic N) is 1. The number of hydrogen-bond donors (Lipinski definition) is 1. The number of halogens is 1. The number of carbonyl (C=O) groups is 1. The average Bonchev–Trinajstić information content (AvgIpc) is 2.60. The zero-order valence-electron chi connectivity index (χ0n) is 15.8. The maximum atomic E-state index is 12.5. The fourth-order valence-electron chi connectivity index (χ4n) is 3.87. The third kappa shape index (κ3) is 5.06. The van der Waals surface area contributed by atoms with Crippen LogP contribution in [0.25, 0.3) is 0 Å². The van der Waals surface area contributed by atoms with Crippen LogP contribution >= 0.6 is 11.6 Å². The van der Waals surface area contributed by atoms with Crippen LogP contribution in [-0.2, 0) is 27.6 Å². The van der Waals surface area contributed by atoms with E-state index >= 15 is 0 Å². The van der Waals surface area contributed by atoms with Crippen LogP contribution in [0.3, 0.4) is 0 Å². The van der Waals surface area contributed by atoms with Crippen molar-refractivity contribution in [2.75, 3.05) is 17.7 Å². The molecule has 0 bridgehead atoms. The molecule has 0 saturated carbocycles. The van der Waals surface area contributed by atoms with E-state index in [2.05, 4.69) is 0 Å². The second kappa shape index (κ2) is 8.53. The van der Waals surface area contributed by atoms with Gasteiger partial charge in [-0.1, -0.05) is 35.9 Å². The molecular weight excluding hydrogens is 398 g/mol. The summed E-state index contributed by atoms with van der Waals surface area (Å²) in [7, 11) is -3.42. The second-order valence-electron chi connectivity index (χ2n) is 7.40. The molecule has 1 atom stereocenters. The van der Waals surface area contributed by atoms with E-state index in [9.17, 15) is 18.3 Å². The summed E-state index contributed by atoms with van der Waals surface area (Å²) in [4.78, 5) is 13.6. The maximum absolute atomic E-state index is 12.5. The third-order valence-electron chi connectivity index (χ3n) is 5.09. The van der Waals surface area contributed by atoms with Gasteiger partial charge in [0.1, 0.15) is 0 Å². The molecule has 0 aromatic heterocycles. The molecule has 0 saturated heterocycles. The molecule has 5 nitrogen and oxygen atoms in total. The minimum Gasteiger partial charge on any atom is -0.481 e. The molecule has 0 aliphatic carbocycles. The lowest BCUT2D eigenvalue weighted by molar-refractivity contribution is -0.138. The van der Waals surface area contributed by atoms with Crippen LogP contribution < -0.4 is 4.90 Å². The summed E-state index contributed by atoms with van der Waals surface area (Å²) in [6, 6.07) is 12.8. The zero-order chi connectivity index (χ0) is 20.3. The van der Waals surface area contributed by atoms with Gasteiger partial charge in [-0.25, -0.2) is 8.42 Å². The molecule has 3 rings (SSSR count). The molecule has 7 heteroatoms. The topological polar surface area (TPSA) is 74.7 Å². The third-order valence-corrected chi connectivity index (χ3v) is 6.47. The average molecular weight is 422 g/mol. The number of anilines is 1. The van der Waals surface area contributed by atoms with Gasteiger partial charge in [0, 0.05) is 30.8 Å². The van der Waals surface area contributed by atoms with Gasteiger partial charge in [-0.15, -0.1) is 0 Å². The molecule has 0 fully saturated rings. The molecule has 1 N–H and O–H groups in total. The van der Waals surface area contributed by atoms with Gasteiger partial charge in [-0.05, 0) is 54.5 Å². The molecule has 0 unspecified atom stereocenters. The van der Waals surface area contributed by atoms with Crippen molar-refractivity contribution >= 4 is 33.1 Å². The smallest absolute Gasteiger partial charge is 0.303 e. The van der Waals surface area contributed by atoms with Gasteiger partial charge in [0.25, 0.3) is 0 Å². The minimum absolute atomic E-state index is 0.0365. The molecule has 2 aromatic rings. The maximum Gasteiger partial charge on any atom is 0.303 e. The summed E-state index contributed by atoms with van der Waals surface area (Å²) in [6.07, 6.45) is 3.66. The van der Waals surface area contributed by atoms with Crippen molar-refractivity contribution in [3.05, 3.63) is 58.6 Å². The van der Waals surface area contributed by atoms with Crippen LogP contribution in [0.15, 0.2) is 47.4 Å². The highest BCUT2D eigenvalue weighted by Gasteiger charge is 2.27. The first-order valence-electron chi connectivity index (χ1n) is 9.27. The van der Waals surface area contributed by atoms with E-state index < -0.39 is 15.8 Å². The van der Waals surface area contributed by atoms with Crippen LogP contribution in [0.2, 0.25) is 5.02 Å². The molecule has 1 aliphatic rings. The first-order chi connectivity index (χ1) is 13.2. The lowest BCUT2D eigenvalue weighted by atomic mass is 9.92. The van der Waals surface area contributed by atoms with E-state index in [1.54, 1.807) is 24.3 Å². The molecule has 0 radical (unpaired) electrons. The summed E-state index contributed by atoms with van der Waals surface area (Å²) < 4.78 is 24.9. The van der Waals surface area contributed by atoms with Crippen LogP contribution in [0.5, 0.6) is 0 Å². The van der Waals surface area contributed by atoms with Gasteiger partial charge in [0.2, 0.25) is 0 Å². The summed E-state index contributed by atoms with van der Waals surface area (Å²) in [5.41, 5.74) is 2.69. The van der Waals surface area contributed by atoms with Gasteiger partial charge in [-0.2, -0.15) is 0 Å². The van der Waals surface area contributed by atoms with E-state index in [1.165, 1.54) is 6.26 Å². The van der Waals surface area contributed by atoms with E-state index in [0.717, 1.165) is 30.4 Å². The molecule has 1 heterocycles. The molecule has 2 aromatic carbocycles. The molecule has 1 aliphatic heterocycles. The van der Waals surface area contributed by atoms with Crippen LogP contribution in [0.1, 0.15) is 30.4 Å². The molecule has 0 amide bonds. The number of rotatable bonds is 5. The number of benzene rings is 2. The van der Waals surface area contributed by atoms with E-state index in [-0.39, 0.29) is 12.3 Å². The number of aliphatic carboxylic acids is 1. The zero-order valence-corrected chi connectivity index (χ0v) is 17.3. The number of carboxylic acids is 1. The largest absolute Gasteiger partial charge is 0.481 e. The highest BCUT2D eigenvalue weighted by molar-refractivity contribution is 7.90. The monoisotopic (exact) mass is 421 g/mol. The first-order valence-corrected chi connectivity index (χ1v) is 11.5. The summed E-state index contributed by atoms with van der Waals surface area (Å²) in [5.74, 6) is -0.862. The Balaban J connectivity index is 2.07. The quantitative estimate of drug-likeness (QED) is 0.783. The van der Waals surface area contributed by atoms with Crippen LogP contribution in [-0.4, -0.2) is 32.3 Å².